The number of carbonyl (C=O) groups is 2. The number of nitrogens with one attached hydrogen (secondary N) is 2. The van der Waals surface area contributed by atoms with Gasteiger partial charge in [0.25, 0.3) is 0 Å². The van der Waals surface area contributed by atoms with Crippen molar-refractivity contribution >= 4 is 17.7 Å². The van der Waals surface area contributed by atoms with Gasteiger partial charge in [0.15, 0.2) is 0 Å². The number of ether oxygens (including phenoxy) is 1. The van der Waals surface area contributed by atoms with Crippen LogP contribution in [-0.4, -0.2) is 53.3 Å². The zero-order valence-electron chi connectivity index (χ0n) is 12.1. The van der Waals surface area contributed by atoms with Crippen LogP contribution in [0.15, 0.2) is 12.3 Å². The Morgan fingerprint density at radius 1 is 1.57 bits per heavy atom. The molecule has 3 N–H and O–H groups in total. The van der Waals surface area contributed by atoms with Crippen molar-refractivity contribution in [2.75, 3.05) is 31.6 Å². The molecule has 1 saturated heterocycles. The quantitative estimate of drug-likeness (QED) is 0.722. The molecule has 1 aliphatic heterocycles. The van der Waals surface area contributed by atoms with E-state index in [1.807, 2.05) is 0 Å². The molecule has 7 nitrogen and oxygen atoms in total. The smallest absolute Gasteiger partial charge is 0.407 e. The second-order valence-electron chi connectivity index (χ2n) is 5.10. The van der Waals surface area contributed by atoms with E-state index in [9.17, 15) is 9.59 Å². The van der Waals surface area contributed by atoms with E-state index in [0.717, 1.165) is 12.8 Å². The van der Waals surface area contributed by atoms with E-state index in [4.69, 9.17) is 9.84 Å². The fourth-order valence-corrected chi connectivity index (χ4v) is 2.55. The van der Waals surface area contributed by atoms with Crippen LogP contribution in [0.3, 0.4) is 0 Å². The van der Waals surface area contributed by atoms with Crippen molar-refractivity contribution in [3.05, 3.63) is 18.0 Å². The minimum absolute atomic E-state index is 0.250. The van der Waals surface area contributed by atoms with Gasteiger partial charge in [-0.1, -0.05) is 0 Å². The lowest BCUT2D eigenvalue weighted by Crippen LogP contribution is -2.41. The molecule has 116 valence electrons. The third-order valence-corrected chi connectivity index (χ3v) is 3.60. The number of anilines is 1. The topological polar surface area (TPSA) is 94.7 Å². The molecule has 0 radical (unpaired) electrons. The van der Waals surface area contributed by atoms with Gasteiger partial charge < -0.3 is 25.0 Å². The summed E-state index contributed by atoms with van der Waals surface area (Å²) in [5, 5.41) is 12.2. The Hall–Kier alpha value is -2.18. The Balaban J connectivity index is 1.90. The molecule has 1 amide bonds. The largest absolute Gasteiger partial charge is 0.465 e. The van der Waals surface area contributed by atoms with Gasteiger partial charge in [0, 0.05) is 25.8 Å². The van der Waals surface area contributed by atoms with Gasteiger partial charge in [0.2, 0.25) is 0 Å². The molecule has 1 aromatic heterocycles. The molecule has 1 aromatic rings. The van der Waals surface area contributed by atoms with Crippen molar-refractivity contribution in [2.45, 2.75) is 19.8 Å². The van der Waals surface area contributed by atoms with Gasteiger partial charge in [0.05, 0.1) is 12.3 Å². The summed E-state index contributed by atoms with van der Waals surface area (Å²) in [6, 6.07) is 1.78. The first-order valence-electron chi connectivity index (χ1n) is 7.18. The molecule has 0 aromatic carbocycles. The summed E-state index contributed by atoms with van der Waals surface area (Å²) in [6.07, 6.45) is 2.67. The molecule has 1 aliphatic rings. The molecule has 2 rings (SSSR count). The number of aromatic amines is 1. The number of hydrogen-bond acceptors (Lipinski definition) is 4. The molecule has 1 atom stereocenters. The Kier molecular flexibility index (Phi) is 5.08. The van der Waals surface area contributed by atoms with Crippen LogP contribution in [0.1, 0.15) is 30.3 Å². The van der Waals surface area contributed by atoms with E-state index < -0.39 is 6.09 Å². The minimum atomic E-state index is -0.867. The summed E-state index contributed by atoms with van der Waals surface area (Å²) in [5.41, 5.74) is 1.10. The van der Waals surface area contributed by atoms with Crippen molar-refractivity contribution in [1.29, 1.82) is 0 Å². The van der Waals surface area contributed by atoms with Crippen LogP contribution in [0.25, 0.3) is 0 Å². The number of carbonyl (C=O) groups excluding carboxylic acids is 1. The molecule has 1 unspecified atom stereocenters. The minimum Gasteiger partial charge on any atom is -0.465 e. The van der Waals surface area contributed by atoms with Crippen molar-refractivity contribution in [3.63, 3.8) is 0 Å². The van der Waals surface area contributed by atoms with Gasteiger partial charge in [0.1, 0.15) is 5.69 Å². The van der Waals surface area contributed by atoms with E-state index in [1.54, 1.807) is 19.2 Å². The van der Waals surface area contributed by atoms with E-state index in [-0.39, 0.29) is 11.9 Å². The van der Waals surface area contributed by atoms with E-state index in [0.29, 0.717) is 37.6 Å². The number of carboxylic acid groups (broad SMARTS) is 1. The van der Waals surface area contributed by atoms with Crippen LogP contribution in [0, 0.1) is 5.92 Å². The van der Waals surface area contributed by atoms with Crippen LogP contribution >= 0.6 is 0 Å². The second kappa shape index (κ2) is 7.01. The van der Waals surface area contributed by atoms with Gasteiger partial charge in [-0.2, -0.15) is 0 Å². The highest BCUT2D eigenvalue weighted by Crippen LogP contribution is 2.20. The number of H-pyrrole nitrogens is 1. The van der Waals surface area contributed by atoms with Crippen molar-refractivity contribution in [2.24, 2.45) is 5.92 Å². The predicted molar refractivity (Wildman–Crippen MR) is 77.6 cm³/mol. The lowest BCUT2D eigenvalue weighted by atomic mass is 9.98. The van der Waals surface area contributed by atoms with Crippen LogP contribution in [0.4, 0.5) is 10.5 Å². The predicted octanol–water partition coefficient (Wildman–Crippen LogP) is 1.99. The average molecular weight is 295 g/mol. The normalized spacial score (nSPS) is 18.3. The number of rotatable bonds is 5. The van der Waals surface area contributed by atoms with Crippen LogP contribution < -0.4 is 5.32 Å². The lowest BCUT2D eigenvalue weighted by molar-refractivity contribution is 0.0521. The molecule has 0 spiro atoms. The zero-order chi connectivity index (χ0) is 15.2. The molecule has 21 heavy (non-hydrogen) atoms. The maximum Gasteiger partial charge on any atom is 0.407 e. The number of amides is 1. The molecule has 2 heterocycles. The summed E-state index contributed by atoms with van der Waals surface area (Å²) >= 11 is 0. The maximum absolute atomic E-state index is 11.7. The number of nitrogens with zero attached hydrogens (tertiary/aromatic N) is 1. The highest BCUT2D eigenvalue weighted by molar-refractivity contribution is 5.93. The Morgan fingerprint density at radius 3 is 3.10 bits per heavy atom. The number of piperidine rings is 1. The number of hydrogen-bond donors (Lipinski definition) is 3. The van der Waals surface area contributed by atoms with Crippen LogP contribution in [0.5, 0.6) is 0 Å². The highest BCUT2D eigenvalue weighted by Gasteiger charge is 2.23. The van der Waals surface area contributed by atoms with Crippen LogP contribution in [-0.2, 0) is 4.74 Å². The number of aromatic nitrogens is 1. The van der Waals surface area contributed by atoms with Gasteiger partial charge in [-0.25, -0.2) is 9.59 Å². The summed E-state index contributed by atoms with van der Waals surface area (Å²) in [6.45, 7) is 3.85. The van der Waals surface area contributed by atoms with E-state index in [2.05, 4.69) is 10.3 Å². The average Bonchev–Trinajstić information content (AvgIpc) is 2.94. The van der Waals surface area contributed by atoms with Gasteiger partial charge in [-0.3, -0.25) is 0 Å². The standard InChI is InChI=1S/C14H21N3O4/c1-2-21-13(18)12-11(5-6-15-12)16-8-10-4-3-7-17(9-10)14(19)20/h5-6,10,15-16H,2-4,7-9H2,1H3,(H,19,20). The molecule has 0 bridgehead atoms. The molecule has 1 fully saturated rings. The van der Waals surface area contributed by atoms with Crippen molar-refractivity contribution in [1.82, 2.24) is 9.88 Å². The van der Waals surface area contributed by atoms with Gasteiger partial charge >= 0.3 is 12.1 Å². The zero-order valence-corrected chi connectivity index (χ0v) is 12.1. The SMILES string of the molecule is CCOC(=O)c1[nH]ccc1NCC1CCCN(C(=O)O)C1. The fourth-order valence-electron chi connectivity index (χ4n) is 2.55. The summed E-state index contributed by atoms with van der Waals surface area (Å²) in [7, 11) is 0. The third kappa shape index (κ3) is 3.90. The maximum atomic E-state index is 11.7. The summed E-state index contributed by atoms with van der Waals surface area (Å²) < 4.78 is 4.97. The Bertz CT molecular complexity index is 500. The molecule has 7 heteroatoms. The van der Waals surface area contributed by atoms with Crippen LogP contribution in [0.2, 0.25) is 0 Å². The number of esters is 1. The molecular formula is C14H21N3O4. The monoisotopic (exact) mass is 295 g/mol. The number of likely N-dealkylation sites (tertiary alicyclic amines) is 1. The van der Waals surface area contributed by atoms with Gasteiger partial charge in [-0.05, 0) is 31.7 Å². The van der Waals surface area contributed by atoms with E-state index in [1.165, 1.54) is 4.90 Å². The van der Waals surface area contributed by atoms with Crippen molar-refractivity contribution in [3.8, 4) is 0 Å². The Labute approximate surface area is 123 Å². The first kappa shape index (κ1) is 15.2. The van der Waals surface area contributed by atoms with Gasteiger partial charge in [-0.15, -0.1) is 0 Å². The third-order valence-electron chi connectivity index (χ3n) is 3.60. The summed E-state index contributed by atoms with van der Waals surface area (Å²) in [4.78, 5) is 27.0. The first-order valence-corrected chi connectivity index (χ1v) is 7.18. The molecule has 0 aliphatic carbocycles. The second-order valence-corrected chi connectivity index (χ2v) is 5.10. The fraction of sp³-hybridized carbons (Fsp3) is 0.571. The molecule has 0 saturated carbocycles. The summed E-state index contributed by atoms with van der Waals surface area (Å²) in [5.74, 6) is -0.138. The first-order chi connectivity index (χ1) is 10.1. The van der Waals surface area contributed by atoms with Crippen molar-refractivity contribution < 1.29 is 19.4 Å². The Morgan fingerprint density at radius 2 is 2.38 bits per heavy atom. The highest BCUT2D eigenvalue weighted by atomic mass is 16.5. The molecular weight excluding hydrogens is 274 g/mol. The lowest BCUT2D eigenvalue weighted by Gasteiger charge is -2.30. The van der Waals surface area contributed by atoms with E-state index >= 15 is 0 Å².